The fraction of sp³-hybridized carbons (Fsp3) is 0.562. The molecule has 38 heavy (non-hydrogen) atoms. The summed E-state index contributed by atoms with van der Waals surface area (Å²) < 4.78 is 0. The van der Waals surface area contributed by atoms with Crippen molar-refractivity contribution in [3.8, 4) is 6.07 Å². The number of hydrogen-bond acceptors (Lipinski definition) is 5. The maximum Gasteiger partial charge on any atom is 0.102 e. The number of aliphatic imine (C=N–C) groups is 1. The first-order valence-electron chi connectivity index (χ1n) is 14.3. The SMILES string of the molecule is C=C(/C=C(\N=C(N)C(C)CC)c1ccc2c(c1)CN(C(=C)CC(C)(C#N)C1CC1)CC2)N1CCN(C)CC1. The Bertz CT molecular complexity index is 1140. The van der Waals surface area contributed by atoms with Crippen molar-refractivity contribution in [3.63, 3.8) is 0 Å². The summed E-state index contributed by atoms with van der Waals surface area (Å²) in [6, 6.07) is 9.30. The Kier molecular flexibility index (Phi) is 8.67. The molecular formula is C32H46N6. The van der Waals surface area contributed by atoms with Crippen molar-refractivity contribution in [1.82, 2.24) is 14.7 Å². The Morgan fingerprint density at radius 1 is 1.18 bits per heavy atom. The van der Waals surface area contributed by atoms with Gasteiger partial charge < -0.3 is 20.4 Å². The van der Waals surface area contributed by atoms with Gasteiger partial charge in [-0.25, -0.2) is 4.99 Å². The van der Waals surface area contributed by atoms with Gasteiger partial charge in [-0.05, 0) is 68.8 Å². The summed E-state index contributed by atoms with van der Waals surface area (Å²) in [6.07, 6.45) is 7.11. The molecule has 2 unspecified atom stereocenters. The highest BCUT2D eigenvalue weighted by molar-refractivity contribution is 5.88. The largest absolute Gasteiger partial charge is 0.387 e. The summed E-state index contributed by atoms with van der Waals surface area (Å²) in [5.41, 5.74) is 12.8. The maximum absolute atomic E-state index is 9.85. The van der Waals surface area contributed by atoms with Gasteiger partial charge in [-0.15, -0.1) is 0 Å². The van der Waals surface area contributed by atoms with E-state index in [1.807, 2.05) is 0 Å². The molecule has 204 valence electrons. The smallest absolute Gasteiger partial charge is 0.102 e. The lowest BCUT2D eigenvalue weighted by Crippen LogP contribution is -2.43. The molecule has 6 heteroatoms. The second-order valence-corrected chi connectivity index (χ2v) is 11.9. The van der Waals surface area contributed by atoms with E-state index in [0.29, 0.717) is 11.8 Å². The topological polar surface area (TPSA) is 71.9 Å². The average Bonchev–Trinajstić information content (AvgIpc) is 3.78. The number of hydrogen-bond donors (Lipinski definition) is 1. The van der Waals surface area contributed by atoms with E-state index >= 15 is 0 Å². The number of allylic oxidation sites excluding steroid dienone is 2. The summed E-state index contributed by atoms with van der Waals surface area (Å²) in [7, 11) is 2.16. The van der Waals surface area contributed by atoms with E-state index in [9.17, 15) is 5.26 Å². The van der Waals surface area contributed by atoms with Gasteiger partial charge in [0.25, 0.3) is 0 Å². The molecule has 6 nitrogen and oxygen atoms in total. The van der Waals surface area contributed by atoms with Crippen molar-refractivity contribution in [3.05, 3.63) is 65.5 Å². The second-order valence-electron chi connectivity index (χ2n) is 11.9. The standard InChI is InChI=1S/C32H46N6/c1-7-23(2)31(34)35-30(18-24(3)37-16-14-36(6)15-17-37)27-9-8-26-12-13-38(21-28(26)19-27)25(4)20-32(5,22-33)29-10-11-29/h8-9,18-19,23,29H,3-4,7,10-17,20-21H2,1-2,5-6H3,(H2,34,35)/b30-18-. The minimum Gasteiger partial charge on any atom is -0.387 e. The molecule has 2 atom stereocenters. The summed E-state index contributed by atoms with van der Waals surface area (Å²) >= 11 is 0. The van der Waals surface area contributed by atoms with Crippen LogP contribution in [-0.2, 0) is 13.0 Å². The molecule has 2 heterocycles. The Labute approximate surface area is 230 Å². The number of likely N-dealkylation sites (N-methyl/N-ethyl adjacent to an activating group) is 1. The maximum atomic E-state index is 9.85. The van der Waals surface area contributed by atoms with Gasteiger partial charge >= 0.3 is 0 Å². The van der Waals surface area contributed by atoms with Crippen molar-refractivity contribution >= 4 is 11.5 Å². The fourth-order valence-corrected chi connectivity index (χ4v) is 5.50. The molecule has 2 fully saturated rings. The van der Waals surface area contributed by atoms with Gasteiger partial charge in [-0.3, -0.25) is 0 Å². The molecule has 0 aromatic heterocycles. The predicted octanol–water partition coefficient (Wildman–Crippen LogP) is 5.39. The molecular weight excluding hydrogens is 468 g/mol. The van der Waals surface area contributed by atoms with Gasteiger partial charge in [0.15, 0.2) is 0 Å². The lowest BCUT2D eigenvalue weighted by Gasteiger charge is -2.35. The molecule has 1 aromatic rings. The number of fused-ring (bicyclic) bond motifs is 1. The summed E-state index contributed by atoms with van der Waals surface area (Å²) in [5.74, 6) is 1.39. The molecule has 3 aliphatic rings. The molecule has 0 amide bonds. The van der Waals surface area contributed by atoms with Crippen molar-refractivity contribution in [2.75, 3.05) is 39.8 Å². The van der Waals surface area contributed by atoms with Crippen LogP contribution in [0.1, 0.15) is 63.1 Å². The molecule has 2 aliphatic heterocycles. The Morgan fingerprint density at radius 2 is 1.89 bits per heavy atom. The first-order chi connectivity index (χ1) is 18.1. The number of nitrogens with two attached hydrogens (primary N) is 1. The molecule has 1 saturated carbocycles. The third-order valence-electron chi connectivity index (χ3n) is 8.85. The lowest BCUT2D eigenvalue weighted by atomic mass is 9.81. The van der Waals surface area contributed by atoms with Crippen LogP contribution in [0.4, 0.5) is 0 Å². The van der Waals surface area contributed by atoms with E-state index < -0.39 is 0 Å². The molecule has 2 N–H and O–H groups in total. The number of amidine groups is 1. The molecule has 1 aliphatic carbocycles. The Balaban J connectivity index is 1.58. The van der Waals surface area contributed by atoms with Crippen molar-refractivity contribution in [2.24, 2.45) is 28.0 Å². The lowest BCUT2D eigenvalue weighted by molar-refractivity contribution is 0.191. The van der Waals surface area contributed by atoms with Crippen LogP contribution in [0, 0.1) is 28.6 Å². The van der Waals surface area contributed by atoms with Gasteiger partial charge in [0.2, 0.25) is 0 Å². The quantitative estimate of drug-likeness (QED) is 0.257. The number of nitrogens with zero attached hydrogens (tertiary/aromatic N) is 5. The number of nitriles is 1. The average molecular weight is 515 g/mol. The van der Waals surface area contributed by atoms with Crippen molar-refractivity contribution in [2.45, 2.75) is 59.4 Å². The number of piperazine rings is 1. The molecule has 0 bridgehead atoms. The highest BCUT2D eigenvalue weighted by atomic mass is 15.2. The molecule has 4 rings (SSSR count). The Hall–Kier alpha value is -3.04. The first kappa shape index (κ1) is 28.0. The van der Waals surface area contributed by atoms with E-state index in [1.165, 1.54) is 24.0 Å². The van der Waals surface area contributed by atoms with E-state index in [0.717, 1.165) is 81.2 Å². The molecule has 1 saturated heterocycles. The van der Waals surface area contributed by atoms with Gasteiger partial charge in [0.05, 0.1) is 17.2 Å². The minimum atomic E-state index is -0.305. The zero-order valence-electron chi connectivity index (χ0n) is 24.0. The zero-order valence-corrected chi connectivity index (χ0v) is 24.0. The Morgan fingerprint density at radius 3 is 2.53 bits per heavy atom. The fourth-order valence-electron chi connectivity index (χ4n) is 5.50. The zero-order chi connectivity index (χ0) is 27.4. The summed E-state index contributed by atoms with van der Waals surface area (Å²) in [5, 5.41) is 9.85. The van der Waals surface area contributed by atoms with Crippen LogP contribution < -0.4 is 5.73 Å². The van der Waals surface area contributed by atoms with E-state index in [4.69, 9.17) is 10.7 Å². The van der Waals surface area contributed by atoms with Crippen molar-refractivity contribution in [1.29, 1.82) is 5.26 Å². The third-order valence-corrected chi connectivity index (χ3v) is 8.85. The monoisotopic (exact) mass is 514 g/mol. The van der Waals surface area contributed by atoms with Crippen LogP contribution in [-0.4, -0.2) is 60.3 Å². The summed E-state index contributed by atoms with van der Waals surface area (Å²) in [4.78, 5) is 12.0. The molecule has 0 radical (unpaired) electrons. The van der Waals surface area contributed by atoms with Crippen LogP contribution in [0.3, 0.4) is 0 Å². The van der Waals surface area contributed by atoms with Crippen LogP contribution in [0.2, 0.25) is 0 Å². The number of benzene rings is 1. The van der Waals surface area contributed by atoms with Gasteiger partial charge in [-0.2, -0.15) is 5.26 Å². The van der Waals surface area contributed by atoms with Gasteiger partial charge in [-0.1, -0.05) is 39.1 Å². The van der Waals surface area contributed by atoms with E-state index in [1.54, 1.807) is 0 Å². The van der Waals surface area contributed by atoms with Gasteiger partial charge in [0.1, 0.15) is 5.84 Å². The first-order valence-corrected chi connectivity index (χ1v) is 14.3. The highest BCUT2D eigenvalue weighted by Gasteiger charge is 2.42. The number of rotatable bonds is 10. The van der Waals surface area contributed by atoms with Crippen molar-refractivity contribution < 1.29 is 0 Å². The van der Waals surface area contributed by atoms with Crippen LogP contribution in [0.25, 0.3) is 5.70 Å². The highest BCUT2D eigenvalue weighted by Crippen LogP contribution is 2.48. The van der Waals surface area contributed by atoms with E-state index in [2.05, 4.69) is 86.0 Å². The minimum absolute atomic E-state index is 0.215. The predicted molar refractivity (Wildman–Crippen MR) is 158 cm³/mol. The van der Waals surface area contributed by atoms with E-state index in [-0.39, 0.29) is 11.3 Å². The van der Waals surface area contributed by atoms with Crippen LogP contribution in [0.15, 0.2) is 53.8 Å². The van der Waals surface area contributed by atoms with Crippen LogP contribution in [0.5, 0.6) is 0 Å². The molecule has 0 spiro atoms. The van der Waals surface area contributed by atoms with Crippen LogP contribution >= 0.6 is 0 Å². The third kappa shape index (κ3) is 6.50. The van der Waals surface area contributed by atoms with Gasteiger partial charge in [0, 0.05) is 68.6 Å². The normalized spacial score (nSPS) is 21.3. The second kappa shape index (κ2) is 11.8. The molecule has 1 aromatic carbocycles. The summed E-state index contributed by atoms with van der Waals surface area (Å²) in [6.45, 7) is 20.9.